The fourth-order valence-corrected chi connectivity index (χ4v) is 2.92. The molecular formula is C20H23ClN2O3. The number of morpholine rings is 1. The van der Waals surface area contributed by atoms with Crippen molar-refractivity contribution in [3.8, 4) is 5.75 Å². The molecule has 1 fully saturated rings. The maximum atomic E-state index is 12.2. The second kappa shape index (κ2) is 9.57. The van der Waals surface area contributed by atoms with Crippen molar-refractivity contribution in [3.05, 3.63) is 64.7 Å². The van der Waals surface area contributed by atoms with Crippen molar-refractivity contribution < 1.29 is 14.3 Å². The van der Waals surface area contributed by atoms with Crippen LogP contribution in [0.5, 0.6) is 5.75 Å². The van der Waals surface area contributed by atoms with Gasteiger partial charge in [-0.25, -0.2) is 0 Å². The van der Waals surface area contributed by atoms with Crippen LogP contribution in [-0.4, -0.2) is 50.2 Å². The van der Waals surface area contributed by atoms with Crippen LogP contribution < -0.4 is 10.1 Å². The van der Waals surface area contributed by atoms with Crippen molar-refractivity contribution in [2.24, 2.45) is 0 Å². The van der Waals surface area contributed by atoms with Gasteiger partial charge >= 0.3 is 0 Å². The molecule has 0 aromatic heterocycles. The topological polar surface area (TPSA) is 50.8 Å². The number of halogens is 1. The summed E-state index contributed by atoms with van der Waals surface area (Å²) in [6, 6.07) is 14.7. The van der Waals surface area contributed by atoms with Crippen LogP contribution in [0.2, 0.25) is 5.02 Å². The highest BCUT2D eigenvalue weighted by atomic mass is 35.5. The first kappa shape index (κ1) is 18.7. The number of rotatable bonds is 7. The second-order valence-corrected chi connectivity index (χ2v) is 6.52. The molecule has 0 radical (unpaired) electrons. The fraction of sp³-hybridized carbons (Fsp3) is 0.350. The summed E-state index contributed by atoms with van der Waals surface area (Å²) in [5.41, 5.74) is 1.55. The molecule has 0 atom stereocenters. The number of hydrogen-bond donors (Lipinski definition) is 1. The summed E-state index contributed by atoms with van der Waals surface area (Å²) in [6.07, 6.45) is 0. The van der Waals surface area contributed by atoms with Gasteiger partial charge in [0, 0.05) is 42.3 Å². The molecule has 1 saturated heterocycles. The quantitative estimate of drug-likeness (QED) is 0.809. The summed E-state index contributed by atoms with van der Waals surface area (Å²) in [6.45, 7) is 5.25. The minimum atomic E-state index is -0.0732. The second-order valence-electron chi connectivity index (χ2n) is 6.11. The molecular weight excluding hydrogens is 352 g/mol. The van der Waals surface area contributed by atoms with Gasteiger partial charge in [-0.05, 0) is 30.3 Å². The molecule has 0 aliphatic carbocycles. The van der Waals surface area contributed by atoms with Gasteiger partial charge in [-0.2, -0.15) is 0 Å². The van der Waals surface area contributed by atoms with Crippen molar-refractivity contribution in [2.75, 3.05) is 39.4 Å². The van der Waals surface area contributed by atoms with E-state index in [0.29, 0.717) is 29.5 Å². The van der Waals surface area contributed by atoms with Crippen molar-refractivity contribution in [2.45, 2.75) is 6.61 Å². The summed E-state index contributed by atoms with van der Waals surface area (Å²) >= 11 is 6.12. The Labute approximate surface area is 158 Å². The molecule has 1 heterocycles. The molecule has 5 nitrogen and oxygen atoms in total. The Bertz CT molecular complexity index is 715. The number of carbonyl (C=O) groups excluding carboxylic acids is 1. The van der Waals surface area contributed by atoms with E-state index in [1.807, 2.05) is 24.3 Å². The SMILES string of the molecule is O=C(NCCN1CCOCC1)c1ccc(OCc2ccccc2Cl)cc1. The fourth-order valence-electron chi connectivity index (χ4n) is 2.73. The largest absolute Gasteiger partial charge is 0.489 e. The lowest BCUT2D eigenvalue weighted by molar-refractivity contribution is 0.0383. The van der Waals surface area contributed by atoms with Crippen LogP contribution in [0.1, 0.15) is 15.9 Å². The van der Waals surface area contributed by atoms with Crippen molar-refractivity contribution in [3.63, 3.8) is 0 Å². The number of benzene rings is 2. The number of hydrogen-bond acceptors (Lipinski definition) is 4. The molecule has 0 spiro atoms. The highest BCUT2D eigenvalue weighted by molar-refractivity contribution is 6.31. The first-order valence-corrected chi connectivity index (χ1v) is 9.15. The Balaban J connectivity index is 1.44. The third kappa shape index (κ3) is 5.46. The average molecular weight is 375 g/mol. The van der Waals surface area contributed by atoms with Crippen LogP contribution in [0.4, 0.5) is 0 Å². The van der Waals surface area contributed by atoms with Crippen LogP contribution in [0, 0.1) is 0 Å². The lowest BCUT2D eigenvalue weighted by Crippen LogP contribution is -2.41. The van der Waals surface area contributed by atoms with Gasteiger partial charge in [0.25, 0.3) is 5.91 Å². The van der Waals surface area contributed by atoms with Gasteiger partial charge in [-0.3, -0.25) is 9.69 Å². The van der Waals surface area contributed by atoms with E-state index in [0.717, 1.165) is 38.4 Å². The monoisotopic (exact) mass is 374 g/mol. The minimum Gasteiger partial charge on any atom is -0.489 e. The summed E-state index contributed by atoms with van der Waals surface area (Å²) in [7, 11) is 0. The molecule has 1 aliphatic heterocycles. The van der Waals surface area contributed by atoms with Gasteiger partial charge in [-0.15, -0.1) is 0 Å². The molecule has 0 bridgehead atoms. The Morgan fingerprint density at radius 2 is 1.85 bits per heavy atom. The van der Waals surface area contributed by atoms with E-state index < -0.39 is 0 Å². The number of carbonyl (C=O) groups is 1. The maximum Gasteiger partial charge on any atom is 0.251 e. The molecule has 26 heavy (non-hydrogen) atoms. The van der Waals surface area contributed by atoms with Crippen molar-refractivity contribution in [1.82, 2.24) is 10.2 Å². The van der Waals surface area contributed by atoms with Crippen LogP contribution in [0.25, 0.3) is 0 Å². The Morgan fingerprint density at radius 3 is 2.58 bits per heavy atom. The maximum absolute atomic E-state index is 12.2. The van der Waals surface area contributed by atoms with Crippen LogP contribution in [-0.2, 0) is 11.3 Å². The number of nitrogens with zero attached hydrogens (tertiary/aromatic N) is 1. The van der Waals surface area contributed by atoms with Crippen LogP contribution in [0.3, 0.4) is 0 Å². The molecule has 2 aromatic carbocycles. The molecule has 1 aliphatic rings. The first-order valence-electron chi connectivity index (χ1n) is 8.77. The summed E-state index contributed by atoms with van der Waals surface area (Å²) in [5, 5.41) is 3.64. The number of amides is 1. The summed E-state index contributed by atoms with van der Waals surface area (Å²) < 4.78 is 11.0. The highest BCUT2D eigenvalue weighted by Crippen LogP contribution is 2.19. The average Bonchev–Trinajstić information content (AvgIpc) is 2.68. The molecule has 1 N–H and O–H groups in total. The molecule has 3 rings (SSSR count). The van der Waals surface area contributed by atoms with E-state index in [2.05, 4.69) is 10.2 Å². The first-order chi connectivity index (χ1) is 12.7. The van der Waals surface area contributed by atoms with Gasteiger partial charge in [0.1, 0.15) is 12.4 Å². The number of nitrogens with one attached hydrogen (secondary N) is 1. The Kier molecular flexibility index (Phi) is 6.89. The van der Waals surface area contributed by atoms with E-state index >= 15 is 0 Å². The van der Waals surface area contributed by atoms with Gasteiger partial charge < -0.3 is 14.8 Å². The van der Waals surface area contributed by atoms with Gasteiger partial charge in [0.05, 0.1) is 13.2 Å². The van der Waals surface area contributed by atoms with Gasteiger partial charge in [-0.1, -0.05) is 29.8 Å². The molecule has 0 saturated carbocycles. The lowest BCUT2D eigenvalue weighted by atomic mass is 10.2. The lowest BCUT2D eigenvalue weighted by Gasteiger charge is -2.26. The Morgan fingerprint density at radius 1 is 1.12 bits per heavy atom. The third-order valence-corrected chi connectivity index (χ3v) is 4.65. The van der Waals surface area contributed by atoms with E-state index in [-0.39, 0.29) is 5.91 Å². The predicted octanol–water partition coefficient (Wildman–Crippen LogP) is 2.98. The van der Waals surface area contributed by atoms with Gasteiger partial charge in [0.15, 0.2) is 0 Å². The number of ether oxygens (including phenoxy) is 2. The van der Waals surface area contributed by atoms with E-state index in [1.165, 1.54) is 0 Å². The zero-order valence-electron chi connectivity index (χ0n) is 14.6. The molecule has 2 aromatic rings. The molecule has 138 valence electrons. The van der Waals surface area contributed by atoms with Crippen LogP contribution >= 0.6 is 11.6 Å². The van der Waals surface area contributed by atoms with Crippen molar-refractivity contribution in [1.29, 1.82) is 0 Å². The van der Waals surface area contributed by atoms with E-state index in [9.17, 15) is 4.79 Å². The van der Waals surface area contributed by atoms with E-state index in [4.69, 9.17) is 21.1 Å². The zero-order valence-corrected chi connectivity index (χ0v) is 15.4. The molecule has 1 amide bonds. The normalized spacial score (nSPS) is 14.8. The third-order valence-electron chi connectivity index (χ3n) is 4.29. The zero-order chi connectivity index (χ0) is 18.2. The smallest absolute Gasteiger partial charge is 0.251 e. The predicted molar refractivity (Wildman–Crippen MR) is 102 cm³/mol. The summed E-state index contributed by atoms with van der Waals surface area (Å²) in [5.74, 6) is 0.630. The summed E-state index contributed by atoms with van der Waals surface area (Å²) in [4.78, 5) is 14.5. The van der Waals surface area contributed by atoms with Crippen molar-refractivity contribution >= 4 is 17.5 Å². The highest BCUT2D eigenvalue weighted by Gasteiger charge is 2.11. The standard InChI is InChI=1S/C20H23ClN2O3/c21-19-4-2-1-3-17(19)15-26-18-7-5-16(6-8-18)20(24)22-9-10-23-11-13-25-14-12-23/h1-8H,9-15H2,(H,22,24). The Hall–Kier alpha value is -2.08. The minimum absolute atomic E-state index is 0.0732. The molecule has 0 unspecified atom stereocenters. The van der Waals surface area contributed by atoms with Crippen LogP contribution in [0.15, 0.2) is 48.5 Å². The van der Waals surface area contributed by atoms with Gasteiger partial charge in [0.2, 0.25) is 0 Å². The van der Waals surface area contributed by atoms with E-state index in [1.54, 1.807) is 24.3 Å². The molecule has 6 heteroatoms.